The zero-order valence-electron chi connectivity index (χ0n) is 10.5. The number of pyridine rings is 1. The van der Waals surface area contributed by atoms with Gasteiger partial charge in [-0.25, -0.2) is 9.37 Å². The van der Waals surface area contributed by atoms with Gasteiger partial charge in [-0.2, -0.15) is 0 Å². The van der Waals surface area contributed by atoms with Gasteiger partial charge in [0, 0.05) is 11.4 Å². The van der Waals surface area contributed by atoms with Gasteiger partial charge in [0.1, 0.15) is 11.5 Å². The molecule has 0 fully saturated rings. The molecule has 1 aromatic heterocycles. The normalized spacial score (nSPS) is 10.3. The summed E-state index contributed by atoms with van der Waals surface area (Å²) in [6, 6.07) is 8.09. The molecule has 1 heterocycles. The van der Waals surface area contributed by atoms with Crippen molar-refractivity contribution in [2.45, 2.75) is 13.8 Å². The van der Waals surface area contributed by atoms with E-state index in [-0.39, 0.29) is 5.91 Å². The lowest BCUT2D eigenvalue weighted by Gasteiger charge is -2.09. The number of carbonyl (C=O) groups is 1. The van der Waals surface area contributed by atoms with Crippen LogP contribution < -0.4 is 5.32 Å². The highest BCUT2D eigenvalue weighted by Crippen LogP contribution is 2.24. The third kappa shape index (κ3) is 3.17. The Balaban J connectivity index is 2.27. The molecule has 1 aromatic carbocycles. The molecule has 0 unspecified atom stereocenters. The zero-order valence-corrected chi connectivity index (χ0v) is 12.1. The van der Waals surface area contributed by atoms with E-state index in [2.05, 4.69) is 26.2 Å². The second-order valence-corrected chi connectivity index (χ2v) is 5.05. The van der Waals surface area contributed by atoms with E-state index in [0.717, 1.165) is 11.3 Å². The monoisotopic (exact) mass is 322 g/mol. The highest BCUT2D eigenvalue weighted by molar-refractivity contribution is 9.10. The summed E-state index contributed by atoms with van der Waals surface area (Å²) in [7, 11) is 0. The molecule has 0 aliphatic heterocycles. The van der Waals surface area contributed by atoms with Gasteiger partial charge in [-0.1, -0.05) is 6.07 Å². The van der Waals surface area contributed by atoms with Crippen LogP contribution in [0.4, 0.5) is 10.1 Å². The maximum atomic E-state index is 13.5. The fourth-order valence-electron chi connectivity index (χ4n) is 1.64. The van der Waals surface area contributed by atoms with Crippen LogP contribution in [0.1, 0.15) is 21.7 Å². The minimum atomic E-state index is -0.418. The Kier molecular flexibility index (Phi) is 3.95. The van der Waals surface area contributed by atoms with Crippen molar-refractivity contribution in [3.8, 4) is 0 Å². The standard InChI is InChI=1S/C14H12BrFN2O/c1-8-6-10(15)11(16)7-13(8)18-14(19)12-5-3-4-9(2)17-12/h3-7H,1-2H3,(H,18,19). The number of nitrogens with zero attached hydrogens (tertiary/aromatic N) is 1. The third-order valence-corrected chi connectivity index (χ3v) is 3.24. The van der Waals surface area contributed by atoms with Crippen molar-refractivity contribution in [1.82, 2.24) is 4.98 Å². The third-order valence-electron chi connectivity index (χ3n) is 2.64. The first kappa shape index (κ1) is 13.7. The predicted octanol–water partition coefficient (Wildman–Crippen LogP) is 3.85. The molecule has 3 nitrogen and oxygen atoms in total. The summed E-state index contributed by atoms with van der Waals surface area (Å²) >= 11 is 3.10. The first-order valence-electron chi connectivity index (χ1n) is 5.68. The number of anilines is 1. The van der Waals surface area contributed by atoms with Crippen LogP contribution in [0.2, 0.25) is 0 Å². The Hall–Kier alpha value is -1.75. The number of halogens is 2. The molecule has 0 spiro atoms. The molecule has 19 heavy (non-hydrogen) atoms. The number of nitrogens with one attached hydrogen (secondary N) is 1. The second kappa shape index (κ2) is 5.48. The van der Waals surface area contributed by atoms with E-state index < -0.39 is 5.82 Å². The van der Waals surface area contributed by atoms with Crippen molar-refractivity contribution in [2.75, 3.05) is 5.32 Å². The molecule has 0 bridgehead atoms. The van der Waals surface area contributed by atoms with E-state index in [1.165, 1.54) is 6.07 Å². The average molecular weight is 323 g/mol. The van der Waals surface area contributed by atoms with E-state index in [0.29, 0.717) is 15.9 Å². The highest BCUT2D eigenvalue weighted by atomic mass is 79.9. The van der Waals surface area contributed by atoms with Crippen molar-refractivity contribution in [1.29, 1.82) is 0 Å². The highest BCUT2D eigenvalue weighted by Gasteiger charge is 2.11. The van der Waals surface area contributed by atoms with Crippen molar-refractivity contribution in [2.24, 2.45) is 0 Å². The largest absolute Gasteiger partial charge is 0.320 e. The van der Waals surface area contributed by atoms with Gasteiger partial charge in [-0.05, 0) is 59.6 Å². The summed E-state index contributed by atoms with van der Waals surface area (Å²) in [6.07, 6.45) is 0. The van der Waals surface area contributed by atoms with Crippen LogP contribution in [0.25, 0.3) is 0 Å². The lowest BCUT2D eigenvalue weighted by molar-refractivity contribution is 0.102. The first-order chi connectivity index (χ1) is 8.97. The first-order valence-corrected chi connectivity index (χ1v) is 6.47. The summed E-state index contributed by atoms with van der Waals surface area (Å²) in [5, 5.41) is 2.66. The van der Waals surface area contributed by atoms with Gasteiger partial charge >= 0.3 is 0 Å². The van der Waals surface area contributed by atoms with Gasteiger partial charge in [-0.15, -0.1) is 0 Å². The number of hydrogen-bond donors (Lipinski definition) is 1. The van der Waals surface area contributed by atoms with Crippen LogP contribution in [0.3, 0.4) is 0 Å². The van der Waals surface area contributed by atoms with Crippen molar-refractivity contribution >= 4 is 27.5 Å². The molecule has 2 aromatic rings. The van der Waals surface area contributed by atoms with Crippen LogP contribution in [-0.2, 0) is 0 Å². The summed E-state index contributed by atoms with van der Waals surface area (Å²) in [4.78, 5) is 16.1. The molecule has 0 atom stereocenters. The Bertz CT molecular complexity index is 643. The van der Waals surface area contributed by atoms with Crippen LogP contribution in [0, 0.1) is 19.7 Å². The molecule has 0 aliphatic rings. The SMILES string of the molecule is Cc1cccc(C(=O)Nc2cc(F)c(Br)cc2C)n1. The maximum absolute atomic E-state index is 13.5. The Morgan fingerprint density at radius 1 is 1.32 bits per heavy atom. The molecule has 1 N–H and O–H groups in total. The molecular weight excluding hydrogens is 311 g/mol. The fraction of sp³-hybridized carbons (Fsp3) is 0.143. The van der Waals surface area contributed by atoms with E-state index >= 15 is 0 Å². The van der Waals surface area contributed by atoms with Crippen LogP contribution in [-0.4, -0.2) is 10.9 Å². The number of carbonyl (C=O) groups excluding carboxylic acids is 1. The second-order valence-electron chi connectivity index (χ2n) is 4.20. The molecule has 2 rings (SSSR count). The minimum Gasteiger partial charge on any atom is -0.320 e. The zero-order chi connectivity index (χ0) is 14.0. The van der Waals surface area contributed by atoms with E-state index in [1.54, 1.807) is 38.1 Å². The van der Waals surface area contributed by atoms with Crippen LogP contribution in [0.15, 0.2) is 34.8 Å². The number of rotatable bonds is 2. The van der Waals surface area contributed by atoms with Gasteiger partial charge in [0.2, 0.25) is 0 Å². The van der Waals surface area contributed by atoms with E-state index in [1.807, 2.05) is 0 Å². The molecule has 1 amide bonds. The quantitative estimate of drug-likeness (QED) is 0.912. The van der Waals surface area contributed by atoms with Gasteiger partial charge in [0.25, 0.3) is 5.91 Å². The van der Waals surface area contributed by atoms with Gasteiger partial charge in [-0.3, -0.25) is 4.79 Å². The lowest BCUT2D eigenvalue weighted by Crippen LogP contribution is -2.15. The maximum Gasteiger partial charge on any atom is 0.274 e. The predicted molar refractivity (Wildman–Crippen MR) is 75.8 cm³/mol. The fourth-order valence-corrected chi connectivity index (χ4v) is 2.09. The number of amides is 1. The number of aromatic nitrogens is 1. The van der Waals surface area contributed by atoms with Gasteiger partial charge in [0.15, 0.2) is 0 Å². The van der Waals surface area contributed by atoms with E-state index in [9.17, 15) is 9.18 Å². The Morgan fingerprint density at radius 3 is 2.74 bits per heavy atom. The molecule has 0 saturated carbocycles. The van der Waals surface area contributed by atoms with Gasteiger partial charge < -0.3 is 5.32 Å². The number of aryl methyl sites for hydroxylation is 2. The smallest absolute Gasteiger partial charge is 0.274 e. The molecule has 0 radical (unpaired) electrons. The van der Waals surface area contributed by atoms with E-state index in [4.69, 9.17) is 0 Å². The molecule has 98 valence electrons. The molecule has 0 aliphatic carbocycles. The topological polar surface area (TPSA) is 42.0 Å². The number of hydrogen-bond acceptors (Lipinski definition) is 2. The number of benzene rings is 1. The van der Waals surface area contributed by atoms with Crippen molar-refractivity contribution < 1.29 is 9.18 Å². The Labute approximate surface area is 119 Å². The Morgan fingerprint density at radius 2 is 2.05 bits per heavy atom. The van der Waals surface area contributed by atoms with Crippen LogP contribution >= 0.6 is 15.9 Å². The summed E-state index contributed by atoms with van der Waals surface area (Å²) in [5.41, 5.74) is 2.28. The molecule has 0 saturated heterocycles. The van der Waals surface area contributed by atoms with Crippen molar-refractivity contribution in [3.63, 3.8) is 0 Å². The van der Waals surface area contributed by atoms with Crippen molar-refractivity contribution in [3.05, 3.63) is 57.6 Å². The summed E-state index contributed by atoms with van der Waals surface area (Å²) in [5.74, 6) is -0.772. The minimum absolute atomic E-state index is 0.308. The summed E-state index contributed by atoms with van der Waals surface area (Å²) in [6.45, 7) is 3.60. The molecular formula is C14H12BrFN2O. The summed E-state index contributed by atoms with van der Waals surface area (Å²) < 4.78 is 13.8. The molecule has 5 heteroatoms. The van der Waals surface area contributed by atoms with Crippen LogP contribution in [0.5, 0.6) is 0 Å². The average Bonchev–Trinajstić information content (AvgIpc) is 2.36. The lowest BCUT2D eigenvalue weighted by atomic mass is 10.2. The van der Waals surface area contributed by atoms with Gasteiger partial charge in [0.05, 0.1) is 4.47 Å².